The molecule has 126 valence electrons. The highest BCUT2D eigenvalue weighted by Crippen LogP contribution is 2.27. The molecule has 0 saturated heterocycles. The number of benzene rings is 1. The largest absolute Gasteiger partial charge is 0.355 e. The van der Waals surface area contributed by atoms with Gasteiger partial charge in [0.2, 0.25) is 11.8 Å². The molecule has 0 spiro atoms. The average molecular weight is 334 g/mol. The fourth-order valence-corrected chi connectivity index (χ4v) is 3.09. The van der Waals surface area contributed by atoms with Crippen LogP contribution in [-0.2, 0) is 22.4 Å². The van der Waals surface area contributed by atoms with Crippen molar-refractivity contribution in [3.63, 3.8) is 0 Å². The van der Waals surface area contributed by atoms with Crippen LogP contribution in [0.15, 0.2) is 18.2 Å². The molecule has 1 aliphatic rings. The zero-order chi connectivity index (χ0) is 16.5. The summed E-state index contributed by atoms with van der Waals surface area (Å²) in [5, 5.41) is 5.85. The summed E-state index contributed by atoms with van der Waals surface area (Å²) in [7, 11) is 0. The Kier molecular flexibility index (Phi) is 7.46. The molecule has 0 bridgehead atoms. The van der Waals surface area contributed by atoms with Gasteiger partial charge in [0.05, 0.1) is 5.75 Å². The lowest BCUT2D eigenvalue weighted by Gasteiger charge is -2.19. The Morgan fingerprint density at radius 3 is 2.70 bits per heavy atom. The highest BCUT2D eigenvalue weighted by molar-refractivity contribution is 7.81. The summed E-state index contributed by atoms with van der Waals surface area (Å²) in [6.07, 6.45) is 7.85. The van der Waals surface area contributed by atoms with Gasteiger partial charge in [-0.25, -0.2) is 0 Å². The third-order valence-electron chi connectivity index (χ3n) is 4.22. The summed E-state index contributed by atoms with van der Waals surface area (Å²) in [6.45, 7) is 0.660. The Morgan fingerprint density at radius 1 is 1.04 bits per heavy atom. The van der Waals surface area contributed by atoms with Crippen molar-refractivity contribution in [2.75, 3.05) is 17.6 Å². The smallest absolute Gasteiger partial charge is 0.229 e. The van der Waals surface area contributed by atoms with E-state index in [2.05, 4.69) is 29.3 Å². The monoisotopic (exact) mass is 334 g/mol. The number of aryl methyl sites for hydroxylation is 1. The van der Waals surface area contributed by atoms with Crippen molar-refractivity contribution in [1.82, 2.24) is 5.32 Å². The fraction of sp³-hybridized carbons (Fsp3) is 0.556. The number of carbonyl (C=O) groups excluding carboxylic acids is 2. The molecule has 0 aromatic heterocycles. The first-order valence-corrected chi connectivity index (χ1v) is 9.12. The highest BCUT2D eigenvalue weighted by atomic mass is 32.1. The normalized spacial score (nSPS) is 13.3. The van der Waals surface area contributed by atoms with E-state index in [0.29, 0.717) is 13.0 Å². The molecule has 0 unspecified atom stereocenters. The molecule has 0 fully saturated rings. The van der Waals surface area contributed by atoms with Crippen LogP contribution in [0, 0.1) is 0 Å². The predicted molar refractivity (Wildman–Crippen MR) is 97.0 cm³/mol. The minimum Gasteiger partial charge on any atom is -0.355 e. The number of hydrogen-bond acceptors (Lipinski definition) is 3. The summed E-state index contributed by atoms with van der Waals surface area (Å²) >= 11 is 3.90. The fourth-order valence-electron chi connectivity index (χ4n) is 2.98. The summed E-state index contributed by atoms with van der Waals surface area (Å²) in [5.74, 6) is 0.271. The lowest BCUT2D eigenvalue weighted by Crippen LogP contribution is -2.25. The lowest BCUT2D eigenvalue weighted by molar-refractivity contribution is -0.118. The molecule has 23 heavy (non-hydrogen) atoms. The average Bonchev–Trinajstić information content (AvgIpc) is 2.58. The van der Waals surface area contributed by atoms with Crippen LogP contribution in [0.1, 0.15) is 49.7 Å². The maximum Gasteiger partial charge on any atom is 0.229 e. The SMILES string of the molecule is O=C(CS)NCCCCCC(=O)Nc1cccc2c1CCCC2. The van der Waals surface area contributed by atoms with Crippen molar-refractivity contribution < 1.29 is 9.59 Å². The van der Waals surface area contributed by atoms with E-state index in [1.807, 2.05) is 12.1 Å². The zero-order valence-electron chi connectivity index (χ0n) is 13.6. The molecular weight excluding hydrogens is 308 g/mol. The molecular formula is C18H26N2O2S. The van der Waals surface area contributed by atoms with Crippen molar-refractivity contribution in [1.29, 1.82) is 0 Å². The topological polar surface area (TPSA) is 58.2 Å². The summed E-state index contributed by atoms with van der Waals surface area (Å²) in [6, 6.07) is 6.21. The quantitative estimate of drug-likeness (QED) is 0.505. The minimum atomic E-state index is -0.0417. The number of anilines is 1. The Labute approximate surface area is 143 Å². The summed E-state index contributed by atoms with van der Waals surface area (Å²) in [4.78, 5) is 23.1. The van der Waals surface area contributed by atoms with Gasteiger partial charge in [0.15, 0.2) is 0 Å². The van der Waals surface area contributed by atoms with Crippen LogP contribution in [0.5, 0.6) is 0 Å². The molecule has 1 aliphatic carbocycles. The number of unbranched alkanes of at least 4 members (excludes halogenated alkanes) is 2. The third kappa shape index (κ3) is 5.90. The van der Waals surface area contributed by atoms with E-state index in [9.17, 15) is 9.59 Å². The Hall–Kier alpha value is -1.49. The summed E-state index contributed by atoms with van der Waals surface area (Å²) < 4.78 is 0. The first-order chi connectivity index (χ1) is 11.2. The number of nitrogens with one attached hydrogen (secondary N) is 2. The van der Waals surface area contributed by atoms with E-state index < -0.39 is 0 Å². The van der Waals surface area contributed by atoms with Gasteiger partial charge in [-0.3, -0.25) is 9.59 Å². The maximum atomic E-state index is 12.1. The van der Waals surface area contributed by atoms with Crippen LogP contribution in [0.2, 0.25) is 0 Å². The molecule has 1 aromatic carbocycles. The molecule has 2 N–H and O–H groups in total. The molecule has 0 radical (unpaired) electrons. The van der Waals surface area contributed by atoms with Gasteiger partial charge < -0.3 is 10.6 Å². The zero-order valence-corrected chi connectivity index (χ0v) is 14.5. The molecule has 0 saturated carbocycles. The van der Waals surface area contributed by atoms with Gasteiger partial charge >= 0.3 is 0 Å². The van der Waals surface area contributed by atoms with Gasteiger partial charge in [0.1, 0.15) is 0 Å². The predicted octanol–water partition coefficient (Wildman–Crippen LogP) is 3.11. The van der Waals surface area contributed by atoms with Crippen LogP contribution in [0.4, 0.5) is 5.69 Å². The van der Waals surface area contributed by atoms with Crippen LogP contribution in [0.25, 0.3) is 0 Å². The van der Waals surface area contributed by atoms with Crippen LogP contribution in [-0.4, -0.2) is 24.1 Å². The van der Waals surface area contributed by atoms with E-state index >= 15 is 0 Å². The molecule has 5 heteroatoms. The molecule has 0 atom stereocenters. The first kappa shape index (κ1) is 17.9. The van der Waals surface area contributed by atoms with E-state index in [1.54, 1.807) is 0 Å². The second kappa shape index (κ2) is 9.60. The van der Waals surface area contributed by atoms with Gasteiger partial charge in [0, 0.05) is 18.7 Å². The van der Waals surface area contributed by atoms with Crippen LogP contribution in [0.3, 0.4) is 0 Å². The number of carbonyl (C=O) groups is 2. The van der Waals surface area contributed by atoms with Crippen molar-refractivity contribution in [2.24, 2.45) is 0 Å². The van der Waals surface area contributed by atoms with E-state index in [1.165, 1.54) is 24.0 Å². The second-order valence-electron chi connectivity index (χ2n) is 6.02. The number of thiol groups is 1. The molecule has 0 aliphatic heterocycles. The van der Waals surface area contributed by atoms with Crippen LogP contribution >= 0.6 is 12.6 Å². The van der Waals surface area contributed by atoms with E-state index in [0.717, 1.165) is 37.8 Å². The molecule has 4 nitrogen and oxygen atoms in total. The Balaban J connectivity index is 1.68. The maximum absolute atomic E-state index is 12.1. The van der Waals surface area contributed by atoms with Crippen molar-refractivity contribution >= 4 is 30.1 Å². The van der Waals surface area contributed by atoms with Crippen molar-refractivity contribution in [3.05, 3.63) is 29.3 Å². The van der Waals surface area contributed by atoms with Gasteiger partial charge in [-0.15, -0.1) is 0 Å². The number of amides is 2. The molecule has 2 amide bonds. The Bertz CT molecular complexity index is 546. The van der Waals surface area contributed by atoms with Gasteiger partial charge in [-0.2, -0.15) is 12.6 Å². The minimum absolute atomic E-state index is 0.0417. The van der Waals surface area contributed by atoms with E-state index in [4.69, 9.17) is 0 Å². The first-order valence-electron chi connectivity index (χ1n) is 8.49. The van der Waals surface area contributed by atoms with Crippen LogP contribution < -0.4 is 10.6 Å². The number of fused-ring (bicyclic) bond motifs is 1. The lowest BCUT2D eigenvalue weighted by atomic mass is 9.90. The standard InChI is InChI=1S/C18H26N2O2S/c21-17(11-2-1-5-12-19-18(22)13-23)20-16-10-6-8-14-7-3-4-9-15(14)16/h6,8,10,23H,1-5,7,9,11-13H2,(H,19,22)(H,20,21). The van der Waals surface area contributed by atoms with Gasteiger partial charge in [-0.05, 0) is 55.7 Å². The van der Waals surface area contributed by atoms with Gasteiger partial charge in [-0.1, -0.05) is 18.6 Å². The van der Waals surface area contributed by atoms with Crippen molar-refractivity contribution in [2.45, 2.75) is 51.4 Å². The van der Waals surface area contributed by atoms with Crippen molar-refractivity contribution in [3.8, 4) is 0 Å². The van der Waals surface area contributed by atoms with Gasteiger partial charge in [0.25, 0.3) is 0 Å². The molecule has 2 rings (SSSR count). The Morgan fingerprint density at radius 2 is 1.87 bits per heavy atom. The number of rotatable bonds is 8. The second-order valence-corrected chi connectivity index (χ2v) is 6.33. The summed E-state index contributed by atoms with van der Waals surface area (Å²) in [5.41, 5.74) is 3.70. The third-order valence-corrected chi connectivity index (χ3v) is 4.50. The van der Waals surface area contributed by atoms with E-state index in [-0.39, 0.29) is 17.6 Å². The molecule has 0 heterocycles. The highest BCUT2D eigenvalue weighted by Gasteiger charge is 2.14. The molecule has 1 aromatic rings. The number of hydrogen-bond donors (Lipinski definition) is 3.